The summed E-state index contributed by atoms with van der Waals surface area (Å²) in [6, 6.07) is 3.70. The Hall–Kier alpha value is -3.57. The summed E-state index contributed by atoms with van der Waals surface area (Å²) in [5, 5.41) is 23.0. The maximum absolute atomic E-state index is 14.2. The molecule has 2 aromatic heterocycles. The highest BCUT2D eigenvalue weighted by Crippen LogP contribution is 2.36. The number of hydrogen-bond donors (Lipinski definition) is 4. The summed E-state index contributed by atoms with van der Waals surface area (Å²) < 4.78 is 20.2. The lowest BCUT2D eigenvalue weighted by atomic mass is 10.0. The number of halogens is 1. The number of nitrogens with one attached hydrogen (secondary N) is 2. The Balaban J connectivity index is 1.41. The van der Waals surface area contributed by atoms with Crippen LogP contribution in [0, 0.1) is 18.7 Å². The minimum Gasteiger partial charge on any atom is -0.493 e. The Morgan fingerprint density at radius 3 is 2.78 bits per heavy atom. The van der Waals surface area contributed by atoms with Gasteiger partial charge in [-0.15, -0.1) is 0 Å². The van der Waals surface area contributed by atoms with E-state index in [1.807, 2.05) is 0 Å². The van der Waals surface area contributed by atoms with Crippen LogP contribution in [0.15, 0.2) is 24.5 Å². The number of aromatic nitrogens is 3. The van der Waals surface area contributed by atoms with Gasteiger partial charge in [0.05, 0.1) is 29.8 Å². The Morgan fingerprint density at radius 2 is 2.08 bits per heavy atom. The van der Waals surface area contributed by atoms with Crippen LogP contribution in [0.3, 0.4) is 0 Å². The molecule has 2 aliphatic rings. The number of rotatable bonds is 7. The minimum atomic E-state index is -1.15. The van der Waals surface area contributed by atoms with Crippen LogP contribution < -0.4 is 10.1 Å². The number of benzene rings is 1. The first-order chi connectivity index (χ1) is 17.7. The molecule has 0 spiro atoms. The number of hydrogen-bond acceptors (Lipinski definition) is 7. The highest BCUT2D eigenvalue weighted by molar-refractivity contribution is 6.09. The molecule has 3 aromatic rings. The molecule has 0 radical (unpaired) electrons. The molecule has 1 aliphatic carbocycles. The van der Waals surface area contributed by atoms with Gasteiger partial charge in [-0.25, -0.2) is 14.4 Å². The van der Waals surface area contributed by atoms with Crippen LogP contribution >= 0.6 is 0 Å². The lowest BCUT2D eigenvalue weighted by Gasteiger charge is -2.36. The van der Waals surface area contributed by atoms with E-state index in [9.17, 15) is 24.2 Å². The normalized spacial score (nSPS) is 20.6. The second-order valence-electron chi connectivity index (χ2n) is 9.86. The maximum Gasteiger partial charge on any atom is 0.255 e. The number of H-pyrrole nitrogens is 1. The van der Waals surface area contributed by atoms with Crippen LogP contribution in [-0.2, 0) is 4.79 Å². The SMILES string of the molecule is Cc1[nH]c2c(-c3cc(F)ccc3OCC3CC3)ncnc2c1C(=O)N[C@@H]1CCN(C(=O)[C@H](C)O)C[C@H]1O. The molecule has 1 aromatic carbocycles. The van der Waals surface area contributed by atoms with Crippen molar-refractivity contribution >= 4 is 22.8 Å². The highest BCUT2D eigenvalue weighted by Gasteiger charge is 2.33. The second kappa shape index (κ2) is 10.1. The van der Waals surface area contributed by atoms with Crippen LogP contribution in [-0.4, -0.2) is 79.8 Å². The van der Waals surface area contributed by atoms with Crippen LogP contribution in [0.25, 0.3) is 22.3 Å². The molecule has 10 nitrogen and oxygen atoms in total. The zero-order valence-corrected chi connectivity index (χ0v) is 20.7. The van der Waals surface area contributed by atoms with Crippen molar-refractivity contribution in [3.63, 3.8) is 0 Å². The first-order valence-corrected chi connectivity index (χ1v) is 12.4. The first kappa shape index (κ1) is 25.1. The molecule has 3 atom stereocenters. The predicted octanol–water partition coefficient (Wildman–Crippen LogP) is 1.93. The number of carbonyl (C=O) groups is 2. The zero-order chi connectivity index (χ0) is 26.3. The summed E-state index contributed by atoms with van der Waals surface area (Å²) in [7, 11) is 0. The lowest BCUT2D eigenvalue weighted by Crippen LogP contribution is -2.56. The molecule has 1 aliphatic heterocycles. The number of ether oxygens (including phenoxy) is 1. The molecular weight excluding hydrogens is 481 g/mol. The molecule has 1 saturated carbocycles. The number of carbonyl (C=O) groups excluding carboxylic acids is 2. The second-order valence-corrected chi connectivity index (χ2v) is 9.86. The van der Waals surface area contributed by atoms with Gasteiger partial charge >= 0.3 is 0 Å². The lowest BCUT2D eigenvalue weighted by molar-refractivity contribution is -0.142. The van der Waals surface area contributed by atoms with Gasteiger partial charge < -0.3 is 30.2 Å². The summed E-state index contributed by atoms with van der Waals surface area (Å²) in [6.07, 6.45) is 1.75. The van der Waals surface area contributed by atoms with Crippen molar-refractivity contribution in [3.05, 3.63) is 41.6 Å². The van der Waals surface area contributed by atoms with Gasteiger partial charge in [0.1, 0.15) is 35.2 Å². The van der Waals surface area contributed by atoms with Gasteiger partial charge in [0.2, 0.25) is 0 Å². The standard InChI is InChI=1S/C26H30FN5O5/c1-13-21(25(35)31-18-7-8-32(10-19(18)34)26(36)14(2)33)23-24(30-13)22(28-12-29-23)17-9-16(27)5-6-20(17)37-11-15-3-4-15/h5-6,9,12,14-15,18-19,30,33-34H,3-4,7-8,10-11H2,1-2H3,(H,31,35)/t14-,18+,19+/m0/s1. The number of aliphatic hydroxyl groups is 2. The molecule has 3 heterocycles. The third-order valence-electron chi connectivity index (χ3n) is 6.93. The number of nitrogens with zero attached hydrogens (tertiary/aromatic N) is 3. The van der Waals surface area contributed by atoms with E-state index in [2.05, 4.69) is 20.3 Å². The summed E-state index contributed by atoms with van der Waals surface area (Å²) in [6.45, 7) is 3.97. The largest absolute Gasteiger partial charge is 0.493 e. The number of fused-ring (bicyclic) bond motifs is 1. The smallest absolute Gasteiger partial charge is 0.255 e. The Kier molecular flexibility index (Phi) is 6.82. The monoisotopic (exact) mass is 511 g/mol. The molecule has 37 heavy (non-hydrogen) atoms. The van der Waals surface area contributed by atoms with Gasteiger partial charge in [0.15, 0.2) is 0 Å². The molecule has 4 N–H and O–H groups in total. The van der Waals surface area contributed by atoms with E-state index >= 15 is 0 Å². The third kappa shape index (κ3) is 5.14. The van der Waals surface area contributed by atoms with Crippen LogP contribution in [0.5, 0.6) is 5.75 Å². The highest BCUT2D eigenvalue weighted by atomic mass is 19.1. The van der Waals surface area contributed by atoms with Crippen LogP contribution in [0.4, 0.5) is 4.39 Å². The van der Waals surface area contributed by atoms with Crippen molar-refractivity contribution in [3.8, 4) is 17.0 Å². The number of aliphatic hydroxyl groups excluding tert-OH is 2. The molecule has 5 rings (SSSR count). The van der Waals surface area contributed by atoms with E-state index in [1.165, 1.54) is 30.3 Å². The Morgan fingerprint density at radius 1 is 1.30 bits per heavy atom. The molecule has 0 unspecified atom stereocenters. The number of amides is 2. The van der Waals surface area contributed by atoms with Gasteiger partial charge in [0.25, 0.3) is 11.8 Å². The summed E-state index contributed by atoms with van der Waals surface area (Å²) in [5.74, 6) is -0.307. The molecular formula is C26H30FN5O5. The van der Waals surface area contributed by atoms with Crippen LogP contribution in [0.1, 0.15) is 42.2 Å². The summed E-state index contributed by atoms with van der Waals surface area (Å²) in [4.78, 5) is 38.6. The van der Waals surface area contributed by atoms with E-state index in [-0.39, 0.29) is 6.54 Å². The van der Waals surface area contributed by atoms with E-state index in [0.717, 1.165) is 12.8 Å². The number of β-amino-alcohol motifs (C(OH)–C–C–N with tert-alkyl or cyclic N) is 1. The van der Waals surface area contributed by atoms with Crippen molar-refractivity contribution in [1.82, 2.24) is 25.2 Å². The van der Waals surface area contributed by atoms with E-state index in [4.69, 9.17) is 4.74 Å². The summed E-state index contributed by atoms with van der Waals surface area (Å²) >= 11 is 0. The molecule has 2 amide bonds. The topological polar surface area (TPSA) is 141 Å². The number of piperidine rings is 1. The third-order valence-corrected chi connectivity index (χ3v) is 6.93. The quantitative estimate of drug-likeness (QED) is 0.380. The van der Waals surface area contributed by atoms with Crippen molar-refractivity contribution in [2.45, 2.75) is 51.4 Å². The number of aryl methyl sites for hydroxylation is 1. The molecule has 11 heteroatoms. The van der Waals surface area contributed by atoms with Gasteiger partial charge in [-0.3, -0.25) is 9.59 Å². The van der Waals surface area contributed by atoms with Crippen molar-refractivity contribution in [1.29, 1.82) is 0 Å². The molecule has 196 valence electrons. The average molecular weight is 512 g/mol. The molecule has 0 bridgehead atoms. The average Bonchev–Trinajstić information content (AvgIpc) is 3.63. The van der Waals surface area contributed by atoms with Gasteiger partial charge in [-0.1, -0.05) is 0 Å². The van der Waals surface area contributed by atoms with Gasteiger partial charge in [0, 0.05) is 24.3 Å². The Labute approximate surface area is 212 Å². The van der Waals surface area contributed by atoms with Crippen molar-refractivity contribution < 1.29 is 28.9 Å². The van der Waals surface area contributed by atoms with Crippen LogP contribution in [0.2, 0.25) is 0 Å². The van der Waals surface area contributed by atoms with E-state index < -0.39 is 35.9 Å². The van der Waals surface area contributed by atoms with Crippen molar-refractivity contribution in [2.75, 3.05) is 19.7 Å². The van der Waals surface area contributed by atoms with Gasteiger partial charge in [-0.05, 0) is 57.2 Å². The first-order valence-electron chi connectivity index (χ1n) is 12.4. The zero-order valence-electron chi connectivity index (χ0n) is 20.7. The minimum absolute atomic E-state index is 0.0110. The maximum atomic E-state index is 14.2. The fourth-order valence-corrected chi connectivity index (χ4v) is 4.71. The van der Waals surface area contributed by atoms with E-state index in [0.29, 0.717) is 64.8 Å². The van der Waals surface area contributed by atoms with Gasteiger partial charge in [-0.2, -0.15) is 0 Å². The summed E-state index contributed by atoms with van der Waals surface area (Å²) in [5.41, 5.74) is 2.57. The number of likely N-dealkylation sites (tertiary alicyclic amines) is 1. The number of aromatic amines is 1. The molecule has 2 fully saturated rings. The predicted molar refractivity (Wildman–Crippen MR) is 132 cm³/mol. The fraction of sp³-hybridized carbons (Fsp3) is 0.462. The molecule has 1 saturated heterocycles. The fourth-order valence-electron chi connectivity index (χ4n) is 4.71. The van der Waals surface area contributed by atoms with E-state index in [1.54, 1.807) is 13.0 Å². The van der Waals surface area contributed by atoms with Crippen molar-refractivity contribution in [2.24, 2.45) is 5.92 Å². The Bertz CT molecular complexity index is 1340.